The van der Waals surface area contributed by atoms with E-state index in [1.807, 2.05) is 0 Å². The van der Waals surface area contributed by atoms with E-state index in [9.17, 15) is 0 Å². The highest BCUT2D eigenvalue weighted by Crippen LogP contribution is 2.64. The Kier molecular flexibility index (Phi) is 15.0. The molecular weight excluding hydrogens is 665 g/mol. The van der Waals surface area contributed by atoms with Gasteiger partial charge in [-0.2, -0.15) is 0 Å². The maximum Gasteiger partial charge on any atom is 0.0681 e. The second kappa shape index (κ2) is 18.0. The van der Waals surface area contributed by atoms with Crippen LogP contribution in [0.15, 0.2) is 0 Å². The third-order valence-corrected chi connectivity index (χ3v) is 17.3. The zero-order valence-electron chi connectivity index (χ0n) is 38.3. The highest BCUT2D eigenvalue weighted by atomic mass is 16.5. The van der Waals surface area contributed by atoms with Gasteiger partial charge in [0.2, 0.25) is 0 Å². The molecule has 4 atom stereocenters. The van der Waals surface area contributed by atoms with E-state index in [2.05, 4.69) is 83.1 Å². The molecular formula is C50H92O4. The Morgan fingerprint density at radius 1 is 0.370 bits per heavy atom. The quantitative estimate of drug-likeness (QED) is 0.247. The van der Waals surface area contributed by atoms with Crippen LogP contribution in [0.25, 0.3) is 0 Å². The minimum atomic E-state index is 0.410. The molecule has 9 fully saturated rings. The number of hydrogen-bond acceptors (Lipinski definition) is 4. The Morgan fingerprint density at radius 2 is 0.685 bits per heavy atom. The number of fused-ring (bicyclic) bond motifs is 3. The van der Waals surface area contributed by atoms with Crippen molar-refractivity contribution >= 4 is 0 Å². The third-order valence-electron chi connectivity index (χ3n) is 17.3. The Hall–Kier alpha value is -0.160. The average molecular weight is 757 g/mol. The second-order valence-electron chi connectivity index (χ2n) is 22.6. The van der Waals surface area contributed by atoms with Crippen LogP contribution in [0.2, 0.25) is 0 Å². The standard InChI is InChI=1S/C14H26O.C13H24O.C12H22O.C11H20O/c1-4-15-12-13(2,3)10-11-14(12)8-6-5-7-9-14;1-4-14-11-12(2,3)9-10-13(11)7-5-6-8-13;1-4-13-11-9-5-7-10(8-6-9)12(11,2)3;1-4-12-9-10(2,3)5-6-11(9)7-8-11/h12H,4-11H2,1-3H3;11H,4-10H2,1-3H3;9-11H,4-8H2,1-3H3;9H,4-8H2,1-3H3. The SMILES string of the molecule is CCOC1C(C)(C)CCC12CC2.CCOC1C(C)(C)CCC12CCCC2.CCOC1C(C)(C)CCC12CCCCC2.CCOC1C2CCC(CC2)C1(C)C. The lowest BCUT2D eigenvalue weighted by Crippen LogP contribution is -2.51. The molecule has 9 rings (SSSR count). The minimum Gasteiger partial charge on any atom is -0.378 e. The van der Waals surface area contributed by atoms with Crippen LogP contribution in [-0.4, -0.2) is 50.8 Å². The Morgan fingerprint density at radius 3 is 1.00 bits per heavy atom. The lowest BCUT2D eigenvalue weighted by molar-refractivity contribution is -0.139. The molecule has 316 valence electrons. The summed E-state index contributed by atoms with van der Waals surface area (Å²) in [5.41, 5.74) is 3.45. The molecule has 0 aromatic rings. The van der Waals surface area contributed by atoms with Crippen LogP contribution in [0, 0.1) is 49.7 Å². The predicted molar refractivity (Wildman–Crippen MR) is 228 cm³/mol. The molecule has 3 spiro atoms. The van der Waals surface area contributed by atoms with Gasteiger partial charge in [-0.3, -0.25) is 0 Å². The molecule has 9 aliphatic carbocycles. The molecule has 0 saturated heterocycles. The van der Waals surface area contributed by atoms with Gasteiger partial charge in [-0.15, -0.1) is 0 Å². The molecule has 0 aliphatic heterocycles. The molecule has 4 heteroatoms. The summed E-state index contributed by atoms with van der Waals surface area (Å²) < 4.78 is 24.0. The monoisotopic (exact) mass is 757 g/mol. The summed E-state index contributed by atoms with van der Waals surface area (Å²) in [5, 5.41) is 0. The van der Waals surface area contributed by atoms with E-state index in [1.165, 1.54) is 135 Å². The zero-order chi connectivity index (χ0) is 39.5. The van der Waals surface area contributed by atoms with Crippen molar-refractivity contribution in [2.24, 2.45) is 49.7 Å². The first-order valence-electron chi connectivity index (χ1n) is 23.9. The van der Waals surface area contributed by atoms with Crippen LogP contribution in [0.4, 0.5) is 0 Å². The van der Waals surface area contributed by atoms with Crippen LogP contribution >= 0.6 is 0 Å². The van der Waals surface area contributed by atoms with Gasteiger partial charge in [0.1, 0.15) is 0 Å². The van der Waals surface area contributed by atoms with Gasteiger partial charge in [0.15, 0.2) is 0 Å². The summed E-state index contributed by atoms with van der Waals surface area (Å²) in [6.07, 6.45) is 31.8. The van der Waals surface area contributed by atoms with Crippen LogP contribution in [-0.2, 0) is 18.9 Å². The van der Waals surface area contributed by atoms with Crippen molar-refractivity contribution in [3.8, 4) is 0 Å². The van der Waals surface area contributed by atoms with E-state index < -0.39 is 0 Å². The molecule has 4 nitrogen and oxygen atoms in total. The highest BCUT2D eigenvalue weighted by molar-refractivity contribution is 5.10. The van der Waals surface area contributed by atoms with Gasteiger partial charge < -0.3 is 18.9 Å². The van der Waals surface area contributed by atoms with E-state index in [-0.39, 0.29) is 0 Å². The van der Waals surface area contributed by atoms with Crippen molar-refractivity contribution in [3.05, 3.63) is 0 Å². The smallest absolute Gasteiger partial charge is 0.0681 e. The molecule has 0 N–H and O–H groups in total. The molecule has 0 aromatic carbocycles. The topological polar surface area (TPSA) is 36.9 Å². The Bertz CT molecular complexity index is 1120. The molecule has 54 heavy (non-hydrogen) atoms. The van der Waals surface area contributed by atoms with Crippen molar-refractivity contribution in [1.82, 2.24) is 0 Å². The van der Waals surface area contributed by atoms with Gasteiger partial charge in [0.25, 0.3) is 0 Å². The zero-order valence-corrected chi connectivity index (χ0v) is 38.3. The fraction of sp³-hybridized carbons (Fsp3) is 1.00. The molecule has 9 saturated carbocycles. The van der Waals surface area contributed by atoms with Gasteiger partial charge >= 0.3 is 0 Å². The first-order valence-corrected chi connectivity index (χ1v) is 23.9. The lowest BCUT2D eigenvalue weighted by Gasteiger charge is -2.53. The largest absolute Gasteiger partial charge is 0.378 e. The first-order chi connectivity index (χ1) is 25.5. The van der Waals surface area contributed by atoms with Crippen LogP contribution in [0.1, 0.15) is 218 Å². The maximum absolute atomic E-state index is 6.11. The van der Waals surface area contributed by atoms with Crippen molar-refractivity contribution in [1.29, 1.82) is 0 Å². The third kappa shape index (κ3) is 9.49. The number of hydrogen-bond donors (Lipinski definition) is 0. The van der Waals surface area contributed by atoms with E-state index in [4.69, 9.17) is 18.9 Å². The molecule has 9 aliphatic rings. The van der Waals surface area contributed by atoms with E-state index in [0.29, 0.717) is 62.3 Å². The summed E-state index contributed by atoms with van der Waals surface area (Å²) in [7, 11) is 0. The lowest BCUT2D eigenvalue weighted by atomic mass is 9.56. The predicted octanol–water partition coefficient (Wildman–Crippen LogP) is 14.2. The first kappa shape index (κ1) is 44.9. The fourth-order valence-corrected chi connectivity index (χ4v) is 14.3. The highest BCUT2D eigenvalue weighted by Gasteiger charge is 2.60. The van der Waals surface area contributed by atoms with Crippen molar-refractivity contribution in [2.45, 2.75) is 242 Å². The Balaban J connectivity index is 0.000000139. The summed E-state index contributed by atoms with van der Waals surface area (Å²) in [6.45, 7) is 31.2. The summed E-state index contributed by atoms with van der Waals surface area (Å²) in [4.78, 5) is 0. The second-order valence-corrected chi connectivity index (χ2v) is 22.6. The van der Waals surface area contributed by atoms with E-state index in [0.717, 1.165) is 38.3 Å². The molecule has 0 radical (unpaired) electrons. The Labute approximate surface area is 336 Å². The number of ether oxygens (including phenoxy) is 4. The van der Waals surface area contributed by atoms with Crippen molar-refractivity contribution in [2.75, 3.05) is 26.4 Å². The fourth-order valence-electron chi connectivity index (χ4n) is 14.3. The van der Waals surface area contributed by atoms with Crippen LogP contribution in [0.5, 0.6) is 0 Å². The van der Waals surface area contributed by atoms with Gasteiger partial charge in [0, 0.05) is 26.4 Å². The van der Waals surface area contributed by atoms with Gasteiger partial charge in [-0.25, -0.2) is 0 Å². The van der Waals surface area contributed by atoms with E-state index in [1.54, 1.807) is 0 Å². The normalized spacial score (nSPS) is 36.2. The number of rotatable bonds is 8. The minimum absolute atomic E-state index is 0.410. The van der Waals surface area contributed by atoms with Gasteiger partial charge in [-0.1, -0.05) is 87.5 Å². The van der Waals surface area contributed by atoms with Crippen LogP contribution < -0.4 is 0 Å². The summed E-state index contributed by atoms with van der Waals surface area (Å²) in [6, 6.07) is 0. The molecule has 2 bridgehead atoms. The molecule has 0 amide bonds. The molecule has 0 aromatic heterocycles. The van der Waals surface area contributed by atoms with Crippen molar-refractivity contribution < 1.29 is 18.9 Å². The van der Waals surface area contributed by atoms with Crippen LogP contribution in [0.3, 0.4) is 0 Å². The maximum atomic E-state index is 6.11. The van der Waals surface area contributed by atoms with Gasteiger partial charge in [0.05, 0.1) is 24.4 Å². The van der Waals surface area contributed by atoms with Crippen molar-refractivity contribution in [3.63, 3.8) is 0 Å². The average Bonchev–Trinajstić information content (AvgIpc) is 3.47. The van der Waals surface area contributed by atoms with Gasteiger partial charge in [-0.05, 0) is 180 Å². The molecule has 0 heterocycles. The molecule has 4 unspecified atom stereocenters. The summed E-state index contributed by atoms with van der Waals surface area (Å²) in [5.74, 6) is 1.79. The van der Waals surface area contributed by atoms with E-state index >= 15 is 0 Å². The summed E-state index contributed by atoms with van der Waals surface area (Å²) >= 11 is 0.